The molecule has 3 aromatic rings. The van der Waals surface area contributed by atoms with Crippen LogP contribution in [0.25, 0.3) is 11.0 Å². The second kappa shape index (κ2) is 6.34. The van der Waals surface area contributed by atoms with Crippen LogP contribution in [0, 0.1) is 0 Å². The maximum atomic E-state index is 12.7. The van der Waals surface area contributed by atoms with Gasteiger partial charge in [-0.05, 0) is 29.8 Å². The van der Waals surface area contributed by atoms with Crippen LogP contribution in [0.2, 0.25) is 10.0 Å². The zero-order valence-electron chi connectivity index (χ0n) is 13.5. The Morgan fingerprint density at radius 1 is 1.15 bits per heavy atom. The van der Waals surface area contributed by atoms with E-state index in [-0.39, 0.29) is 5.56 Å². The van der Waals surface area contributed by atoms with Crippen molar-refractivity contribution in [1.29, 1.82) is 0 Å². The van der Waals surface area contributed by atoms with Gasteiger partial charge in [0.1, 0.15) is 11.3 Å². The highest BCUT2D eigenvalue weighted by Crippen LogP contribution is 2.46. The summed E-state index contributed by atoms with van der Waals surface area (Å²) in [5.41, 5.74) is 0.569. The molecule has 0 unspecified atom stereocenters. The number of para-hydroxylation sites is 1. The Hall–Kier alpha value is -2.50. The third kappa shape index (κ3) is 2.55. The number of fused-ring (bicyclic) bond motifs is 3. The van der Waals surface area contributed by atoms with Crippen LogP contribution in [0.3, 0.4) is 0 Å². The maximum absolute atomic E-state index is 12.7. The number of rotatable bonds is 2. The molecule has 132 valence electrons. The van der Waals surface area contributed by atoms with Crippen molar-refractivity contribution in [1.82, 2.24) is 0 Å². The van der Waals surface area contributed by atoms with Crippen molar-refractivity contribution < 1.29 is 18.7 Å². The smallest absolute Gasteiger partial charge is 0.348 e. The Morgan fingerprint density at radius 2 is 1.92 bits per heavy atom. The van der Waals surface area contributed by atoms with Crippen molar-refractivity contribution >= 4 is 40.1 Å². The van der Waals surface area contributed by atoms with Gasteiger partial charge in [-0.3, -0.25) is 0 Å². The lowest BCUT2D eigenvalue weighted by atomic mass is 9.88. The molecular formula is C19H12Cl2O5. The van der Waals surface area contributed by atoms with E-state index in [2.05, 4.69) is 0 Å². The van der Waals surface area contributed by atoms with Crippen LogP contribution < -0.4 is 10.4 Å². The Bertz CT molecular complexity index is 1090. The quantitative estimate of drug-likeness (QED) is 0.485. The van der Waals surface area contributed by atoms with Crippen LogP contribution in [0.1, 0.15) is 17.0 Å². The van der Waals surface area contributed by atoms with Gasteiger partial charge in [0.05, 0.1) is 24.0 Å². The summed E-state index contributed by atoms with van der Waals surface area (Å²) in [6.07, 6.45) is -1.05. The first-order valence-corrected chi connectivity index (χ1v) is 8.52. The Kier molecular flexibility index (Phi) is 4.13. The number of benzene rings is 2. The number of ether oxygens (including phenoxy) is 2. The predicted molar refractivity (Wildman–Crippen MR) is 97.2 cm³/mol. The standard InChI is InChI=1S/C19H12Cl2O5/c1-24-19(23)17-14(10-7-6-9(20)8-12(10)21)15-16(26-17)11-4-2-3-5-13(11)25-18(15)22/h2-8,14,17H,1H3/t14-,17+/m0/s1. The van der Waals surface area contributed by atoms with Gasteiger partial charge in [0.15, 0.2) is 0 Å². The highest BCUT2D eigenvalue weighted by Gasteiger charge is 2.45. The molecule has 1 aliphatic heterocycles. The van der Waals surface area contributed by atoms with Gasteiger partial charge in [-0.25, -0.2) is 9.59 Å². The average molecular weight is 391 g/mol. The van der Waals surface area contributed by atoms with Gasteiger partial charge in [0.25, 0.3) is 0 Å². The van der Waals surface area contributed by atoms with E-state index in [9.17, 15) is 9.59 Å². The number of halogens is 2. The average Bonchev–Trinajstić information content (AvgIpc) is 3.02. The summed E-state index contributed by atoms with van der Waals surface area (Å²) >= 11 is 12.3. The van der Waals surface area contributed by atoms with Crippen molar-refractivity contribution in [2.75, 3.05) is 7.11 Å². The van der Waals surface area contributed by atoms with E-state index < -0.39 is 23.6 Å². The molecule has 1 aromatic heterocycles. The molecule has 2 heterocycles. The molecular weight excluding hydrogens is 379 g/mol. The van der Waals surface area contributed by atoms with Gasteiger partial charge in [0, 0.05) is 10.0 Å². The number of carbonyl (C=O) groups is 1. The molecule has 0 aliphatic carbocycles. The fourth-order valence-corrected chi connectivity index (χ4v) is 3.78. The lowest BCUT2D eigenvalue weighted by molar-refractivity contribution is -0.148. The van der Waals surface area contributed by atoms with Crippen molar-refractivity contribution in [2.24, 2.45) is 0 Å². The first-order chi connectivity index (χ1) is 12.5. The molecule has 0 bridgehead atoms. The van der Waals surface area contributed by atoms with E-state index in [1.807, 2.05) is 0 Å². The molecule has 0 N–H and O–H groups in total. The molecule has 0 amide bonds. The molecule has 1 aliphatic rings. The molecule has 0 saturated heterocycles. The lowest BCUT2D eigenvalue weighted by Gasteiger charge is -2.18. The van der Waals surface area contributed by atoms with Gasteiger partial charge in [-0.15, -0.1) is 0 Å². The molecule has 26 heavy (non-hydrogen) atoms. The van der Waals surface area contributed by atoms with Gasteiger partial charge in [-0.1, -0.05) is 41.4 Å². The summed E-state index contributed by atoms with van der Waals surface area (Å²) < 4.78 is 16.2. The fraction of sp³-hybridized carbons (Fsp3) is 0.158. The summed E-state index contributed by atoms with van der Waals surface area (Å²) in [6, 6.07) is 11.8. The molecule has 2 aromatic carbocycles. The minimum absolute atomic E-state index is 0.239. The van der Waals surface area contributed by atoms with Gasteiger partial charge >= 0.3 is 11.6 Å². The summed E-state index contributed by atoms with van der Waals surface area (Å²) in [5.74, 6) is -1.06. The molecule has 0 spiro atoms. The second-order valence-electron chi connectivity index (χ2n) is 5.83. The monoisotopic (exact) mass is 390 g/mol. The van der Waals surface area contributed by atoms with Gasteiger partial charge < -0.3 is 13.9 Å². The number of hydrogen-bond donors (Lipinski definition) is 0. The van der Waals surface area contributed by atoms with Crippen LogP contribution in [-0.4, -0.2) is 19.2 Å². The number of methoxy groups -OCH3 is 1. The van der Waals surface area contributed by atoms with Gasteiger partial charge in [0.2, 0.25) is 6.10 Å². The zero-order valence-corrected chi connectivity index (χ0v) is 15.0. The third-order valence-electron chi connectivity index (χ3n) is 4.39. The Morgan fingerprint density at radius 3 is 2.65 bits per heavy atom. The van der Waals surface area contributed by atoms with Crippen LogP contribution in [0.15, 0.2) is 51.7 Å². The number of esters is 1. The van der Waals surface area contributed by atoms with Crippen LogP contribution in [-0.2, 0) is 9.53 Å². The van der Waals surface area contributed by atoms with E-state index in [4.69, 9.17) is 37.1 Å². The number of hydrogen-bond acceptors (Lipinski definition) is 5. The molecule has 2 atom stereocenters. The van der Waals surface area contributed by atoms with Crippen LogP contribution in [0.4, 0.5) is 0 Å². The first kappa shape index (κ1) is 16.9. The lowest BCUT2D eigenvalue weighted by Crippen LogP contribution is -2.32. The van der Waals surface area contributed by atoms with E-state index in [0.717, 1.165) is 0 Å². The highest BCUT2D eigenvalue weighted by atomic mass is 35.5. The second-order valence-corrected chi connectivity index (χ2v) is 6.68. The molecule has 0 fully saturated rings. The van der Waals surface area contributed by atoms with Crippen molar-refractivity contribution in [2.45, 2.75) is 12.0 Å². The summed E-state index contributed by atoms with van der Waals surface area (Å²) in [4.78, 5) is 25.0. The molecule has 0 saturated carbocycles. The molecule has 7 heteroatoms. The molecule has 5 nitrogen and oxygen atoms in total. The maximum Gasteiger partial charge on any atom is 0.348 e. The minimum atomic E-state index is -1.05. The SMILES string of the molecule is COC(=O)[C@@H]1Oc2c(c(=O)oc3ccccc23)[C@@H]1c1ccc(Cl)cc1Cl. The van der Waals surface area contributed by atoms with E-state index in [0.29, 0.717) is 32.3 Å². The number of carbonyl (C=O) groups excluding carboxylic acids is 1. The van der Waals surface area contributed by atoms with Crippen molar-refractivity contribution in [3.05, 3.63) is 74.1 Å². The predicted octanol–water partition coefficient (Wildman–Crippen LogP) is 4.17. The molecule has 4 rings (SSSR count). The summed E-state index contributed by atoms with van der Waals surface area (Å²) in [7, 11) is 1.26. The normalized spacial score (nSPS) is 18.4. The van der Waals surface area contributed by atoms with Crippen molar-refractivity contribution in [3.8, 4) is 5.75 Å². The third-order valence-corrected chi connectivity index (χ3v) is 4.95. The fourth-order valence-electron chi connectivity index (χ4n) is 3.25. The van der Waals surface area contributed by atoms with Crippen LogP contribution >= 0.6 is 23.2 Å². The first-order valence-electron chi connectivity index (χ1n) is 7.76. The van der Waals surface area contributed by atoms with Crippen LogP contribution in [0.5, 0.6) is 5.75 Å². The summed E-state index contributed by atoms with van der Waals surface area (Å²) in [6.45, 7) is 0. The van der Waals surface area contributed by atoms with E-state index >= 15 is 0 Å². The Balaban J connectivity index is 2.01. The topological polar surface area (TPSA) is 65.7 Å². The zero-order chi connectivity index (χ0) is 18.4. The highest BCUT2D eigenvalue weighted by molar-refractivity contribution is 6.35. The molecule has 0 radical (unpaired) electrons. The summed E-state index contributed by atoms with van der Waals surface area (Å²) in [5, 5.41) is 1.36. The van der Waals surface area contributed by atoms with Crippen molar-refractivity contribution in [3.63, 3.8) is 0 Å². The minimum Gasteiger partial charge on any atom is -0.476 e. The Labute approximate surface area is 158 Å². The largest absolute Gasteiger partial charge is 0.476 e. The van der Waals surface area contributed by atoms with Gasteiger partial charge in [-0.2, -0.15) is 0 Å². The van der Waals surface area contributed by atoms with E-state index in [1.54, 1.807) is 42.5 Å². The van der Waals surface area contributed by atoms with E-state index in [1.165, 1.54) is 7.11 Å².